The third-order valence-corrected chi connectivity index (χ3v) is 4.89. The number of rotatable bonds is 17. The first kappa shape index (κ1) is 30.6. The smallest absolute Gasteiger partial charge is 0.335 e. The molecule has 0 rings (SSSR count). The first-order valence-electron chi connectivity index (χ1n) is 10.6. The number of ether oxygens (including phenoxy) is 1. The number of amides is 2. The molecule has 191 valence electrons. The van der Waals surface area contributed by atoms with Gasteiger partial charge in [0.15, 0.2) is 18.2 Å². The van der Waals surface area contributed by atoms with Crippen molar-refractivity contribution in [3.8, 4) is 0 Å². The highest BCUT2D eigenvalue weighted by Gasteiger charge is 2.37. The van der Waals surface area contributed by atoms with Crippen molar-refractivity contribution in [2.24, 2.45) is 0 Å². The third kappa shape index (κ3) is 11.4. The van der Waals surface area contributed by atoms with Crippen LogP contribution in [0.3, 0.4) is 0 Å². The van der Waals surface area contributed by atoms with E-state index in [0.717, 1.165) is 0 Å². The van der Waals surface area contributed by atoms with Crippen LogP contribution in [-0.2, 0) is 23.9 Å². The first-order valence-corrected chi connectivity index (χ1v) is 10.6. The van der Waals surface area contributed by atoms with Crippen LogP contribution in [0.15, 0.2) is 0 Å². The highest BCUT2D eigenvalue weighted by atomic mass is 16.5. The van der Waals surface area contributed by atoms with Crippen molar-refractivity contribution in [3.05, 3.63) is 0 Å². The molecule has 11 N–H and O–H groups in total. The van der Waals surface area contributed by atoms with Crippen LogP contribution in [0, 0.1) is 0 Å². The second-order valence-corrected chi connectivity index (χ2v) is 7.52. The minimum atomic E-state index is -2.38. The maximum Gasteiger partial charge on any atom is 0.335 e. The number of methoxy groups -OCH3 is 1. The average molecular weight is 481 g/mol. The summed E-state index contributed by atoms with van der Waals surface area (Å²) in [4.78, 5) is 46.5. The fourth-order valence-corrected chi connectivity index (χ4v) is 2.79. The summed E-state index contributed by atoms with van der Waals surface area (Å²) in [5, 5.41) is 51.4. The van der Waals surface area contributed by atoms with E-state index in [1.54, 1.807) is 0 Å². The van der Waals surface area contributed by atoms with Crippen LogP contribution in [-0.4, -0.2) is 106 Å². The van der Waals surface area contributed by atoms with Gasteiger partial charge in [-0.25, -0.2) is 9.59 Å². The van der Waals surface area contributed by atoms with Crippen molar-refractivity contribution in [1.82, 2.24) is 16.4 Å². The number of unbranched alkanes of at least 4 members (excludes halogenated alkanes) is 2. The van der Waals surface area contributed by atoms with E-state index in [9.17, 15) is 34.5 Å². The topological polar surface area (TPSA) is 254 Å². The van der Waals surface area contributed by atoms with Crippen molar-refractivity contribution in [3.63, 3.8) is 0 Å². The number of aliphatic carboxylic acids is 1. The summed E-state index contributed by atoms with van der Waals surface area (Å²) >= 11 is 0. The van der Waals surface area contributed by atoms with Crippen molar-refractivity contribution in [1.29, 1.82) is 0 Å². The highest BCUT2D eigenvalue weighted by molar-refractivity contribution is 5.86. The number of nitrogens with one attached hydrogen (secondary N) is 3. The van der Waals surface area contributed by atoms with Crippen LogP contribution in [0.4, 0.5) is 0 Å². The maximum absolute atomic E-state index is 12.3. The number of carbonyl (C=O) groups is 4. The molecule has 1 radical (unpaired) electrons. The Balaban J connectivity index is 4.36. The molecule has 6 atom stereocenters. The lowest BCUT2D eigenvalue weighted by atomic mass is 10.0. The average Bonchev–Trinajstić information content (AvgIpc) is 2.80. The van der Waals surface area contributed by atoms with E-state index < -0.39 is 60.3 Å². The molecule has 14 heteroatoms. The lowest BCUT2D eigenvalue weighted by Crippen LogP contribution is -2.68. The van der Waals surface area contributed by atoms with E-state index in [1.807, 2.05) is 0 Å². The zero-order valence-electron chi connectivity index (χ0n) is 18.6. The Labute approximate surface area is 191 Å². The molecule has 1 unspecified atom stereocenters. The maximum atomic E-state index is 12.3. The lowest BCUT2D eigenvalue weighted by molar-refractivity contribution is -0.405. The highest BCUT2D eigenvalue weighted by Crippen LogP contribution is 2.07. The van der Waals surface area contributed by atoms with Gasteiger partial charge < -0.3 is 46.6 Å². The molecule has 0 heterocycles. The van der Waals surface area contributed by atoms with Gasteiger partial charge in [-0.1, -0.05) is 0 Å². The summed E-state index contributed by atoms with van der Waals surface area (Å²) in [6.45, 7) is 0.267. The minimum Gasteiger partial charge on any atom is -0.479 e. The van der Waals surface area contributed by atoms with E-state index in [4.69, 9.17) is 15.9 Å². The van der Waals surface area contributed by atoms with E-state index in [2.05, 4.69) is 21.1 Å². The van der Waals surface area contributed by atoms with Crippen molar-refractivity contribution in [2.45, 2.75) is 75.0 Å². The van der Waals surface area contributed by atoms with Crippen LogP contribution in [0.5, 0.6) is 0 Å². The third-order valence-electron chi connectivity index (χ3n) is 4.89. The molecule has 0 aromatic carbocycles. The van der Waals surface area contributed by atoms with Gasteiger partial charge in [0.1, 0.15) is 18.2 Å². The van der Waals surface area contributed by atoms with Crippen LogP contribution < -0.4 is 22.1 Å². The summed E-state index contributed by atoms with van der Waals surface area (Å²) in [7, 11) is 1.22. The van der Waals surface area contributed by atoms with Crippen molar-refractivity contribution >= 4 is 23.8 Å². The normalized spacial score (nSPS) is 16.6. The predicted octanol–water partition coefficient (Wildman–Crippen LogP) is -4.48. The zero-order chi connectivity index (χ0) is 25.6. The largest absolute Gasteiger partial charge is 0.479 e. The van der Waals surface area contributed by atoms with Crippen LogP contribution >= 0.6 is 0 Å². The lowest BCUT2D eigenvalue weighted by Gasteiger charge is -2.24. The number of carboxylic acid groups (broad SMARTS) is 1. The van der Waals surface area contributed by atoms with Gasteiger partial charge in [-0.3, -0.25) is 15.3 Å². The zero-order valence-corrected chi connectivity index (χ0v) is 18.6. The Morgan fingerprint density at radius 2 is 1.48 bits per heavy atom. The Bertz CT molecular complexity index is 636. The van der Waals surface area contributed by atoms with Gasteiger partial charge in [0.2, 0.25) is 0 Å². The molecular weight excluding hydrogens is 444 g/mol. The fourth-order valence-electron chi connectivity index (χ4n) is 2.79. The molecule has 2 amide bonds. The number of esters is 1. The summed E-state index contributed by atoms with van der Waals surface area (Å²) in [6.07, 6.45) is -6.35. The molecule has 0 saturated heterocycles. The molecule has 14 nitrogen and oxygen atoms in total. The van der Waals surface area contributed by atoms with Crippen LogP contribution in [0.2, 0.25) is 0 Å². The van der Waals surface area contributed by atoms with E-state index in [1.165, 1.54) is 7.11 Å². The molecule has 0 bridgehead atoms. The summed E-state index contributed by atoms with van der Waals surface area (Å²) in [6, 6.07) is -1.50. The quantitative estimate of drug-likeness (QED) is 0.0731. The molecule has 0 spiro atoms. The van der Waals surface area contributed by atoms with Gasteiger partial charge in [0.05, 0.1) is 7.11 Å². The SMILES string of the molecule is COC(=O)C(CCCC[NH])NC(=O)[C@@H]([NH3+])CCCCNC(=O)[C@@H](O)[C@H](O)[C@H](O)[C@@H](O)C(=O)O. The van der Waals surface area contributed by atoms with Gasteiger partial charge in [-0.2, -0.15) is 0 Å². The number of quaternary nitrogens is 1. The number of carboxylic acids is 1. The van der Waals surface area contributed by atoms with Crippen LogP contribution in [0.1, 0.15) is 38.5 Å². The van der Waals surface area contributed by atoms with Crippen molar-refractivity contribution in [2.75, 3.05) is 20.2 Å². The summed E-state index contributed by atoms with van der Waals surface area (Å²) < 4.78 is 4.68. The van der Waals surface area contributed by atoms with Gasteiger partial charge in [0, 0.05) is 19.5 Å². The Morgan fingerprint density at radius 3 is 2.03 bits per heavy atom. The van der Waals surface area contributed by atoms with Gasteiger partial charge >= 0.3 is 11.9 Å². The molecule has 0 aromatic rings. The molecule has 0 aliphatic carbocycles. The van der Waals surface area contributed by atoms with E-state index in [-0.39, 0.29) is 13.1 Å². The number of hydrogen-bond acceptors (Lipinski definition) is 9. The van der Waals surface area contributed by atoms with Gasteiger partial charge in [-0.05, 0) is 32.1 Å². The fraction of sp³-hybridized carbons (Fsp3) is 0.789. The Hall–Kier alpha value is -2.36. The predicted molar refractivity (Wildman–Crippen MR) is 111 cm³/mol. The minimum absolute atomic E-state index is 0.0481. The second kappa shape index (κ2) is 16.3. The molecular formula is C19H36N4O10+. The van der Waals surface area contributed by atoms with Crippen molar-refractivity contribution < 1.29 is 55.2 Å². The number of hydrogen-bond donors (Lipinski definition) is 8. The number of aliphatic hydroxyl groups excluding tert-OH is 4. The van der Waals surface area contributed by atoms with Gasteiger partial charge in [-0.15, -0.1) is 0 Å². The summed E-state index contributed by atoms with van der Waals surface area (Å²) in [5.41, 5.74) is 10.9. The standard InChI is InChI=1S/C19H35N4O10/c1-33-19(32)11(7-2-4-8-20)23-16(28)10(21)6-3-5-9-22-17(29)14(26)12(24)13(25)15(27)18(30)31/h10-15,20,24-27H,2-9,21H2,1H3,(H,22,29)(H,23,28)(H,30,31)/p+1/t10-,11?,12+,13-,14-,15+/m0/s1. The number of aliphatic hydroxyl groups is 4. The summed E-state index contributed by atoms with van der Waals surface area (Å²) in [5.74, 6) is -3.92. The number of carbonyl (C=O) groups excluding carboxylic acids is 3. The van der Waals surface area contributed by atoms with E-state index in [0.29, 0.717) is 38.5 Å². The first-order chi connectivity index (χ1) is 15.5. The Kier molecular flexibility index (Phi) is 15.1. The molecule has 0 fully saturated rings. The molecule has 0 aliphatic heterocycles. The van der Waals surface area contributed by atoms with Gasteiger partial charge in [0.25, 0.3) is 11.8 Å². The van der Waals surface area contributed by atoms with Crippen LogP contribution in [0.25, 0.3) is 0 Å². The second-order valence-electron chi connectivity index (χ2n) is 7.52. The van der Waals surface area contributed by atoms with E-state index >= 15 is 0 Å². The molecule has 33 heavy (non-hydrogen) atoms. The molecule has 0 saturated carbocycles. The molecule has 0 aromatic heterocycles. The monoisotopic (exact) mass is 480 g/mol. The molecule has 0 aliphatic rings. The Morgan fingerprint density at radius 1 is 0.909 bits per heavy atom.